The summed E-state index contributed by atoms with van der Waals surface area (Å²) in [6, 6.07) is 29.3. The summed E-state index contributed by atoms with van der Waals surface area (Å²) < 4.78 is 12.6. The monoisotopic (exact) mass is 516 g/mol. The number of carbonyl (C=O) groups excluding carboxylic acids is 1. The Morgan fingerprint density at radius 2 is 1.42 bits per heavy atom. The van der Waals surface area contributed by atoms with Crippen LogP contribution in [0.15, 0.2) is 91.0 Å². The van der Waals surface area contributed by atoms with Gasteiger partial charge in [0, 0.05) is 6.54 Å². The lowest BCUT2D eigenvalue weighted by Crippen LogP contribution is -2.53. The molecule has 202 valence electrons. The Kier molecular flexibility index (Phi) is 8.56. The van der Waals surface area contributed by atoms with Gasteiger partial charge in [-0.15, -0.1) is 0 Å². The topological polar surface area (TPSA) is 62.2 Å². The number of amides is 1. The summed E-state index contributed by atoms with van der Waals surface area (Å²) in [4.78, 5) is 15.3. The van der Waals surface area contributed by atoms with Gasteiger partial charge in [0.05, 0.1) is 18.2 Å². The third-order valence-electron chi connectivity index (χ3n) is 6.83. The van der Waals surface area contributed by atoms with Crippen LogP contribution in [0.25, 0.3) is 0 Å². The maximum atomic E-state index is 13.6. The molecule has 6 heteroatoms. The van der Waals surface area contributed by atoms with E-state index in [1.165, 1.54) is 5.06 Å². The van der Waals surface area contributed by atoms with Gasteiger partial charge < -0.3 is 14.7 Å². The van der Waals surface area contributed by atoms with Crippen LogP contribution in [0.5, 0.6) is 0 Å². The Labute approximate surface area is 226 Å². The molecule has 0 unspecified atom stereocenters. The van der Waals surface area contributed by atoms with E-state index in [1.54, 1.807) is 4.90 Å². The zero-order valence-corrected chi connectivity index (χ0v) is 23.1. The molecule has 0 aromatic heterocycles. The quantitative estimate of drug-likeness (QED) is 0.348. The van der Waals surface area contributed by atoms with Crippen LogP contribution in [0.2, 0.25) is 0 Å². The van der Waals surface area contributed by atoms with Crippen molar-refractivity contribution in [2.45, 2.75) is 83.5 Å². The molecule has 3 atom stereocenters. The summed E-state index contributed by atoms with van der Waals surface area (Å²) in [6.07, 6.45) is 0.223. The van der Waals surface area contributed by atoms with Gasteiger partial charge in [0.1, 0.15) is 11.3 Å². The predicted octanol–water partition coefficient (Wildman–Crippen LogP) is 6.47. The minimum absolute atomic E-state index is 0.336. The van der Waals surface area contributed by atoms with Gasteiger partial charge >= 0.3 is 6.09 Å². The molecule has 0 bridgehead atoms. The second-order valence-electron chi connectivity index (χ2n) is 11.5. The van der Waals surface area contributed by atoms with E-state index in [9.17, 15) is 10.0 Å². The molecule has 0 radical (unpaired) electrons. The third kappa shape index (κ3) is 7.01. The molecule has 1 saturated heterocycles. The first-order valence-electron chi connectivity index (χ1n) is 13.3. The highest BCUT2D eigenvalue weighted by Gasteiger charge is 2.54. The first kappa shape index (κ1) is 27.8. The van der Waals surface area contributed by atoms with E-state index >= 15 is 0 Å². The summed E-state index contributed by atoms with van der Waals surface area (Å²) in [5, 5.41) is 12.9. The molecule has 4 rings (SSSR count). The molecule has 6 nitrogen and oxygen atoms in total. The Hall–Kier alpha value is -3.19. The van der Waals surface area contributed by atoms with Crippen LogP contribution in [0, 0.1) is 0 Å². The number of hydrogen-bond acceptors (Lipinski definition) is 5. The van der Waals surface area contributed by atoms with E-state index in [4.69, 9.17) is 9.47 Å². The summed E-state index contributed by atoms with van der Waals surface area (Å²) in [5.41, 5.74) is 1.58. The van der Waals surface area contributed by atoms with Crippen molar-refractivity contribution in [3.8, 4) is 0 Å². The number of hydrogen-bond donors (Lipinski definition) is 1. The van der Waals surface area contributed by atoms with Crippen molar-refractivity contribution in [3.05, 3.63) is 108 Å². The lowest BCUT2D eigenvalue weighted by molar-refractivity contribution is -0.179. The smallest absolute Gasteiger partial charge is 0.412 e. The molecule has 1 heterocycles. The number of benzene rings is 3. The van der Waals surface area contributed by atoms with Gasteiger partial charge in [-0.25, -0.2) is 4.79 Å². The minimum atomic E-state index is -0.936. The number of carbonyl (C=O) groups is 1. The van der Waals surface area contributed by atoms with Gasteiger partial charge in [-0.3, -0.25) is 4.90 Å². The first-order chi connectivity index (χ1) is 18.0. The summed E-state index contributed by atoms with van der Waals surface area (Å²) in [6.45, 7) is 9.73. The molecule has 1 aliphatic heterocycles. The van der Waals surface area contributed by atoms with Crippen LogP contribution in [-0.2, 0) is 28.9 Å². The molecule has 1 N–H and O–H groups in total. The van der Waals surface area contributed by atoms with E-state index in [2.05, 4.69) is 24.3 Å². The Balaban J connectivity index is 1.73. The second kappa shape index (κ2) is 11.7. The molecule has 0 spiro atoms. The Morgan fingerprint density at radius 3 is 1.95 bits per heavy atom. The standard InChI is InChI=1S/C32H40N2O4/c1-31(2,3)38-30(35)34-28(22-25-17-11-7-12-18-25)29(37-32(34,4)5)27(21-24-15-9-6-10-16-24)33(36)23-26-19-13-8-14-20-26/h6-20,27-29,36H,21-23H2,1-5H3/t27-,28-,29+/m1/s1. The normalized spacial score (nSPS) is 19.9. The number of hydroxylamine groups is 2. The molecular weight excluding hydrogens is 476 g/mol. The minimum Gasteiger partial charge on any atom is -0.444 e. The van der Waals surface area contributed by atoms with E-state index < -0.39 is 29.6 Å². The first-order valence-corrected chi connectivity index (χ1v) is 13.3. The summed E-state index contributed by atoms with van der Waals surface area (Å²) in [7, 11) is 0. The largest absolute Gasteiger partial charge is 0.444 e. The average Bonchev–Trinajstić information content (AvgIpc) is 3.13. The van der Waals surface area contributed by atoms with Crippen LogP contribution >= 0.6 is 0 Å². The van der Waals surface area contributed by atoms with Crippen molar-refractivity contribution in [2.24, 2.45) is 0 Å². The van der Waals surface area contributed by atoms with Crippen molar-refractivity contribution < 1.29 is 19.5 Å². The van der Waals surface area contributed by atoms with Gasteiger partial charge in [-0.2, -0.15) is 5.06 Å². The lowest BCUT2D eigenvalue weighted by Gasteiger charge is -2.36. The van der Waals surface area contributed by atoms with Crippen molar-refractivity contribution in [3.63, 3.8) is 0 Å². The van der Waals surface area contributed by atoms with E-state index in [0.29, 0.717) is 19.4 Å². The zero-order chi connectivity index (χ0) is 27.3. The van der Waals surface area contributed by atoms with E-state index in [0.717, 1.165) is 16.7 Å². The van der Waals surface area contributed by atoms with Crippen LogP contribution in [0.1, 0.15) is 51.3 Å². The maximum absolute atomic E-state index is 13.6. The van der Waals surface area contributed by atoms with Gasteiger partial charge in [0.25, 0.3) is 0 Å². The lowest BCUT2D eigenvalue weighted by atomic mass is 9.91. The van der Waals surface area contributed by atoms with E-state index in [-0.39, 0.29) is 6.04 Å². The van der Waals surface area contributed by atoms with Crippen molar-refractivity contribution in [2.75, 3.05) is 0 Å². The third-order valence-corrected chi connectivity index (χ3v) is 6.83. The maximum Gasteiger partial charge on any atom is 0.412 e. The highest BCUT2D eigenvalue weighted by atomic mass is 16.6. The second-order valence-corrected chi connectivity index (χ2v) is 11.5. The van der Waals surface area contributed by atoms with E-state index in [1.807, 2.05) is 101 Å². The molecule has 1 aliphatic rings. The molecule has 38 heavy (non-hydrogen) atoms. The summed E-state index contributed by atoms with van der Waals surface area (Å²) in [5.74, 6) is 0. The van der Waals surface area contributed by atoms with Gasteiger partial charge in [-0.05, 0) is 64.2 Å². The Morgan fingerprint density at radius 1 is 0.921 bits per heavy atom. The van der Waals surface area contributed by atoms with Crippen LogP contribution < -0.4 is 0 Å². The Bertz CT molecular complexity index is 1160. The van der Waals surface area contributed by atoms with Gasteiger partial charge in [0.15, 0.2) is 0 Å². The number of ether oxygens (including phenoxy) is 2. The van der Waals surface area contributed by atoms with Crippen LogP contribution in [-0.4, -0.2) is 50.8 Å². The van der Waals surface area contributed by atoms with Crippen LogP contribution in [0.4, 0.5) is 4.79 Å². The zero-order valence-electron chi connectivity index (χ0n) is 23.1. The predicted molar refractivity (Wildman–Crippen MR) is 149 cm³/mol. The van der Waals surface area contributed by atoms with Crippen molar-refractivity contribution >= 4 is 6.09 Å². The van der Waals surface area contributed by atoms with Gasteiger partial charge in [0.2, 0.25) is 0 Å². The van der Waals surface area contributed by atoms with Crippen molar-refractivity contribution in [1.29, 1.82) is 0 Å². The molecule has 0 saturated carbocycles. The molecule has 1 amide bonds. The molecule has 3 aromatic carbocycles. The fraction of sp³-hybridized carbons (Fsp3) is 0.406. The SMILES string of the molecule is CC(C)(C)OC(=O)N1[C@H](Cc2ccccc2)[C@H]([C@@H](Cc2ccccc2)N(O)Cc2ccccc2)OC1(C)C. The van der Waals surface area contributed by atoms with Gasteiger partial charge in [-0.1, -0.05) is 91.0 Å². The number of rotatable bonds is 8. The molecule has 3 aromatic rings. The average molecular weight is 517 g/mol. The number of nitrogens with zero attached hydrogens (tertiary/aromatic N) is 2. The fourth-order valence-corrected chi connectivity index (χ4v) is 5.21. The van der Waals surface area contributed by atoms with Crippen molar-refractivity contribution in [1.82, 2.24) is 9.96 Å². The fourth-order valence-electron chi connectivity index (χ4n) is 5.21. The van der Waals surface area contributed by atoms with Crippen LogP contribution in [0.3, 0.4) is 0 Å². The highest BCUT2D eigenvalue weighted by Crippen LogP contribution is 2.38. The molecular formula is C32H40N2O4. The molecule has 0 aliphatic carbocycles. The molecule has 1 fully saturated rings. The highest BCUT2D eigenvalue weighted by molar-refractivity contribution is 5.70. The summed E-state index contributed by atoms with van der Waals surface area (Å²) >= 11 is 0.